The molecule has 0 aliphatic rings. The highest BCUT2D eigenvalue weighted by molar-refractivity contribution is 7.09. The average molecular weight is 247 g/mol. The van der Waals surface area contributed by atoms with Crippen molar-refractivity contribution in [2.75, 3.05) is 6.54 Å². The van der Waals surface area contributed by atoms with Crippen LogP contribution in [0.2, 0.25) is 0 Å². The molecule has 2 heterocycles. The third kappa shape index (κ3) is 3.91. The van der Waals surface area contributed by atoms with Gasteiger partial charge in [-0.1, -0.05) is 6.92 Å². The van der Waals surface area contributed by atoms with Gasteiger partial charge in [0.05, 0.1) is 5.51 Å². The molecule has 0 saturated heterocycles. The minimum absolute atomic E-state index is 0.475. The Hall–Kier alpha value is -1.26. The smallest absolute Gasteiger partial charge is 0.0794 e. The monoisotopic (exact) mass is 247 g/mol. The summed E-state index contributed by atoms with van der Waals surface area (Å²) >= 11 is 1.72. The molecule has 0 fully saturated rings. The first kappa shape index (κ1) is 12.2. The summed E-state index contributed by atoms with van der Waals surface area (Å²) < 4.78 is 0. The summed E-state index contributed by atoms with van der Waals surface area (Å²) in [7, 11) is 0. The molecule has 17 heavy (non-hydrogen) atoms. The number of hydrogen-bond donors (Lipinski definition) is 1. The Labute approximate surface area is 106 Å². The van der Waals surface area contributed by atoms with Crippen LogP contribution in [0, 0.1) is 0 Å². The number of nitrogens with one attached hydrogen (secondary N) is 1. The molecule has 0 aliphatic carbocycles. The minimum atomic E-state index is 0.475. The zero-order chi connectivity index (χ0) is 11.9. The van der Waals surface area contributed by atoms with Crippen molar-refractivity contribution in [1.29, 1.82) is 0 Å². The van der Waals surface area contributed by atoms with Crippen LogP contribution in [-0.2, 0) is 12.8 Å². The second kappa shape index (κ2) is 6.47. The second-order valence-corrected chi connectivity index (χ2v) is 4.96. The fourth-order valence-corrected chi connectivity index (χ4v) is 2.57. The van der Waals surface area contributed by atoms with Crippen molar-refractivity contribution < 1.29 is 0 Å². The first-order valence-corrected chi connectivity index (χ1v) is 6.76. The van der Waals surface area contributed by atoms with Crippen LogP contribution in [0.15, 0.2) is 36.2 Å². The first-order valence-electron chi connectivity index (χ1n) is 5.88. The lowest BCUT2D eigenvalue weighted by Crippen LogP contribution is -2.32. The molecule has 90 valence electrons. The lowest BCUT2D eigenvalue weighted by Gasteiger charge is -2.16. The quantitative estimate of drug-likeness (QED) is 0.851. The van der Waals surface area contributed by atoms with Gasteiger partial charge >= 0.3 is 0 Å². The average Bonchev–Trinajstić information content (AvgIpc) is 2.83. The van der Waals surface area contributed by atoms with E-state index in [0.29, 0.717) is 6.04 Å². The van der Waals surface area contributed by atoms with Gasteiger partial charge in [0.2, 0.25) is 0 Å². The van der Waals surface area contributed by atoms with Gasteiger partial charge in [0.15, 0.2) is 0 Å². The van der Waals surface area contributed by atoms with Crippen molar-refractivity contribution >= 4 is 11.3 Å². The van der Waals surface area contributed by atoms with Crippen LogP contribution in [-0.4, -0.2) is 22.6 Å². The largest absolute Gasteiger partial charge is 0.314 e. The van der Waals surface area contributed by atoms with E-state index in [4.69, 9.17) is 0 Å². The van der Waals surface area contributed by atoms with Crippen LogP contribution < -0.4 is 5.32 Å². The van der Waals surface area contributed by atoms with E-state index in [2.05, 4.69) is 34.3 Å². The van der Waals surface area contributed by atoms with Crippen molar-refractivity contribution in [2.24, 2.45) is 0 Å². The van der Waals surface area contributed by atoms with Crippen LogP contribution in [0.5, 0.6) is 0 Å². The van der Waals surface area contributed by atoms with Gasteiger partial charge in [-0.3, -0.25) is 9.97 Å². The van der Waals surface area contributed by atoms with Crippen molar-refractivity contribution in [3.8, 4) is 0 Å². The fourth-order valence-electron chi connectivity index (χ4n) is 1.89. The molecule has 0 amide bonds. The van der Waals surface area contributed by atoms with E-state index in [1.54, 1.807) is 11.3 Å². The SMILES string of the molecule is CCNC(Cc1ccncc1)Cc1cncs1. The normalized spacial score (nSPS) is 12.5. The fraction of sp³-hybridized carbons (Fsp3) is 0.385. The number of thiazole rings is 1. The van der Waals surface area contributed by atoms with Crippen molar-refractivity contribution in [1.82, 2.24) is 15.3 Å². The summed E-state index contributed by atoms with van der Waals surface area (Å²) in [4.78, 5) is 9.51. The Kier molecular flexibility index (Phi) is 4.64. The third-order valence-electron chi connectivity index (χ3n) is 2.66. The van der Waals surface area contributed by atoms with Crippen molar-refractivity contribution in [2.45, 2.75) is 25.8 Å². The predicted molar refractivity (Wildman–Crippen MR) is 71.2 cm³/mol. The lowest BCUT2D eigenvalue weighted by atomic mass is 10.0. The van der Waals surface area contributed by atoms with Gasteiger partial charge in [0, 0.05) is 29.5 Å². The molecule has 0 aromatic carbocycles. The van der Waals surface area contributed by atoms with Crippen molar-refractivity contribution in [3.63, 3.8) is 0 Å². The van der Waals surface area contributed by atoms with Gasteiger partial charge in [-0.2, -0.15) is 0 Å². The summed E-state index contributed by atoms with van der Waals surface area (Å²) in [5.74, 6) is 0. The molecule has 2 rings (SSSR count). The number of pyridine rings is 1. The minimum Gasteiger partial charge on any atom is -0.314 e. The van der Waals surface area contributed by atoms with Gasteiger partial charge in [0.25, 0.3) is 0 Å². The van der Waals surface area contributed by atoms with Gasteiger partial charge in [0.1, 0.15) is 0 Å². The van der Waals surface area contributed by atoms with Crippen LogP contribution in [0.25, 0.3) is 0 Å². The molecule has 0 spiro atoms. The Bertz CT molecular complexity index is 413. The number of nitrogens with zero attached hydrogens (tertiary/aromatic N) is 2. The Morgan fingerprint density at radius 1 is 1.24 bits per heavy atom. The zero-order valence-corrected chi connectivity index (χ0v) is 10.8. The van der Waals surface area contributed by atoms with Gasteiger partial charge < -0.3 is 5.32 Å². The highest BCUT2D eigenvalue weighted by atomic mass is 32.1. The molecule has 4 heteroatoms. The molecule has 2 aromatic heterocycles. The van der Waals surface area contributed by atoms with Gasteiger partial charge in [-0.05, 0) is 37.1 Å². The summed E-state index contributed by atoms with van der Waals surface area (Å²) in [6.45, 7) is 3.14. The maximum atomic E-state index is 4.12. The van der Waals surface area contributed by atoms with Crippen LogP contribution in [0.4, 0.5) is 0 Å². The number of aromatic nitrogens is 2. The molecule has 0 aliphatic heterocycles. The van der Waals surface area contributed by atoms with E-state index in [0.717, 1.165) is 19.4 Å². The van der Waals surface area contributed by atoms with Gasteiger partial charge in [-0.25, -0.2) is 0 Å². The molecular formula is C13H17N3S. The summed E-state index contributed by atoms with van der Waals surface area (Å²) in [5, 5.41) is 3.53. The summed E-state index contributed by atoms with van der Waals surface area (Å²) in [6, 6.07) is 4.64. The Morgan fingerprint density at radius 2 is 2.06 bits per heavy atom. The van der Waals surface area contributed by atoms with E-state index in [-0.39, 0.29) is 0 Å². The molecule has 1 atom stereocenters. The molecule has 2 aromatic rings. The first-order chi connectivity index (χ1) is 8.38. The molecule has 1 unspecified atom stereocenters. The number of hydrogen-bond acceptors (Lipinski definition) is 4. The van der Waals surface area contributed by atoms with E-state index in [9.17, 15) is 0 Å². The van der Waals surface area contributed by atoms with Gasteiger partial charge in [-0.15, -0.1) is 11.3 Å². The van der Waals surface area contributed by atoms with E-state index < -0.39 is 0 Å². The number of rotatable bonds is 6. The maximum absolute atomic E-state index is 4.12. The molecule has 1 N–H and O–H groups in total. The Balaban J connectivity index is 1.97. The Morgan fingerprint density at radius 3 is 2.71 bits per heavy atom. The molecule has 3 nitrogen and oxygen atoms in total. The standard InChI is InChI=1S/C13H17N3S/c1-2-16-12(8-13-9-15-10-17-13)7-11-3-5-14-6-4-11/h3-6,9-10,12,16H,2,7-8H2,1H3. The zero-order valence-electron chi connectivity index (χ0n) is 9.97. The second-order valence-electron chi connectivity index (χ2n) is 3.99. The lowest BCUT2D eigenvalue weighted by molar-refractivity contribution is 0.524. The topological polar surface area (TPSA) is 37.8 Å². The number of likely N-dealkylation sites (N-methyl/N-ethyl adjacent to an activating group) is 1. The molecule has 0 saturated carbocycles. The molecule has 0 radical (unpaired) electrons. The van der Waals surface area contributed by atoms with Crippen LogP contribution in [0.3, 0.4) is 0 Å². The van der Waals surface area contributed by atoms with Crippen LogP contribution >= 0.6 is 11.3 Å². The third-order valence-corrected chi connectivity index (χ3v) is 3.46. The van der Waals surface area contributed by atoms with E-state index in [1.807, 2.05) is 24.1 Å². The highest BCUT2D eigenvalue weighted by Crippen LogP contribution is 2.12. The molecular weight excluding hydrogens is 230 g/mol. The van der Waals surface area contributed by atoms with Crippen molar-refractivity contribution in [3.05, 3.63) is 46.7 Å². The summed E-state index contributed by atoms with van der Waals surface area (Å²) in [5.41, 5.74) is 3.22. The summed E-state index contributed by atoms with van der Waals surface area (Å²) in [6.07, 6.45) is 7.74. The van der Waals surface area contributed by atoms with E-state index in [1.165, 1.54) is 10.4 Å². The predicted octanol–water partition coefficient (Wildman–Crippen LogP) is 2.30. The van der Waals surface area contributed by atoms with E-state index >= 15 is 0 Å². The van der Waals surface area contributed by atoms with Crippen LogP contribution in [0.1, 0.15) is 17.4 Å². The maximum Gasteiger partial charge on any atom is 0.0794 e. The highest BCUT2D eigenvalue weighted by Gasteiger charge is 2.10. The molecule has 0 bridgehead atoms.